The largest absolute Gasteiger partial charge is 0.313 e. The van der Waals surface area contributed by atoms with Crippen LogP contribution in [-0.2, 0) is 6.42 Å². The van der Waals surface area contributed by atoms with Gasteiger partial charge >= 0.3 is 0 Å². The zero-order valence-electron chi connectivity index (χ0n) is 10.8. The monoisotopic (exact) mass is 359 g/mol. The van der Waals surface area contributed by atoms with E-state index in [1.807, 2.05) is 0 Å². The van der Waals surface area contributed by atoms with E-state index in [4.69, 9.17) is 11.6 Å². The first kappa shape index (κ1) is 15.4. The van der Waals surface area contributed by atoms with Gasteiger partial charge in [-0.05, 0) is 52.7 Å². The third kappa shape index (κ3) is 3.19. The summed E-state index contributed by atoms with van der Waals surface area (Å²) in [5.74, 6) is -0.767. The summed E-state index contributed by atoms with van der Waals surface area (Å²) in [6.45, 7) is 0. The lowest BCUT2D eigenvalue weighted by Gasteiger charge is -2.19. The number of nitrogens with one attached hydrogen (secondary N) is 1. The van der Waals surface area contributed by atoms with Crippen LogP contribution in [-0.4, -0.2) is 7.05 Å². The fraction of sp³-hybridized carbons (Fsp3) is 0.200. The van der Waals surface area contributed by atoms with Crippen molar-refractivity contribution in [3.8, 4) is 0 Å². The first-order valence-electron chi connectivity index (χ1n) is 6.08. The average molecular weight is 361 g/mol. The van der Waals surface area contributed by atoms with Crippen molar-refractivity contribution in [2.24, 2.45) is 0 Å². The van der Waals surface area contributed by atoms with Crippen molar-refractivity contribution < 1.29 is 8.78 Å². The summed E-state index contributed by atoms with van der Waals surface area (Å²) in [7, 11) is 1.75. The third-order valence-corrected chi connectivity index (χ3v) is 4.29. The molecule has 0 aromatic heterocycles. The molecule has 1 unspecified atom stereocenters. The van der Waals surface area contributed by atoms with Gasteiger partial charge < -0.3 is 5.32 Å². The fourth-order valence-corrected chi connectivity index (χ4v) is 2.82. The molecule has 2 aromatic carbocycles. The molecule has 0 bridgehead atoms. The van der Waals surface area contributed by atoms with E-state index in [-0.39, 0.29) is 16.9 Å². The molecular formula is C15H13BrClF2N. The number of likely N-dealkylation sites (N-methyl/N-ethyl adjacent to an activating group) is 1. The van der Waals surface area contributed by atoms with E-state index in [0.717, 1.165) is 5.56 Å². The first-order valence-corrected chi connectivity index (χ1v) is 7.25. The minimum absolute atomic E-state index is 0.0932. The van der Waals surface area contributed by atoms with E-state index in [1.54, 1.807) is 31.3 Å². The zero-order chi connectivity index (χ0) is 14.7. The molecule has 1 nitrogen and oxygen atoms in total. The zero-order valence-corrected chi connectivity index (χ0v) is 13.1. The highest BCUT2D eigenvalue weighted by Crippen LogP contribution is 2.29. The molecule has 2 aromatic rings. The van der Waals surface area contributed by atoms with Gasteiger partial charge in [0.15, 0.2) is 0 Å². The van der Waals surface area contributed by atoms with Gasteiger partial charge in [0.05, 0.1) is 9.50 Å². The fourth-order valence-electron chi connectivity index (χ4n) is 2.08. The van der Waals surface area contributed by atoms with Gasteiger partial charge in [-0.1, -0.05) is 35.9 Å². The van der Waals surface area contributed by atoms with Gasteiger partial charge in [0, 0.05) is 6.04 Å². The second-order valence-corrected chi connectivity index (χ2v) is 5.60. The summed E-state index contributed by atoms with van der Waals surface area (Å²) in [5.41, 5.74) is 1.24. The van der Waals surface area contributed by atoms with Crippen molar-refractivity contribution in [1.82, 2.24) is 5.32 Å². The third-order valence-electron chi connectivity index (χ3n) is 3.16. The summed E-state index contributed by atoms with van der Waals surface area (Å²) < 4.78 is 27.9. The van der Waals surface area contributed by atoms with E-state index >= 15 is 0 Å². The molecule has 2 rings (SSSR count). The molecule has 0 radical (unpaired) electrons. The molecule has 0 aliphatic heterocycles. The highest BCUT2D eigenvalue weighted by atomic mass is 79.9. The van der Waals surface area contributed by atoms with Crippen molar-refractivity contribution >= 4 is 27.5 Å². The second-order valence-electron chi connectivity index (χ2n) is 4.40. The Kier molecular flexibility index (Phi) is 5.13. The van der Waals surface area contributed by atoms with Crippen molar-refractivity contribution in [3.05, 3.63) is 68.7 Å². The molecule has 0 fully saturated rings. The molecule has 0 saturated heterocycles. The molecular weight excluding hydrogens is 348 g/mol. The Morgan fingerprint density at radius 3 is 2.60 bits per heavy atom. The molecule has 0 amide bonds. The number of benzene rings is 2. The minimum atomic E-state index is -0.429. The normalized spacial score (nSPS) is 12.4. The van der Waals surface area contributed by atoms with Gasteiger partial charge in [-0.3, -0.25) is 0 Å². The van der Waals surface area contributed by atoms with E-state index in [0.29, 0.717) is 16.5 Å². The Hall–Kier alpha value is -0.970. The van der Waals surface area contributed by atoms with Crippen LogP contribution in [0.25, 0.3) is 0 Å². The number of hydrogen-bond donors (Lipinski definition) is 1. The van der Waals surface area contributed by atoms with E-state index in [1.165, 1.54) is 12.1 Å². The second kappa shape index (κ2) is 6.66. The van der Waals surface area contributed by atoms with Crippen LogP contribution >= 0.6 is 27.5 Å². The maximum absolute atomic E-state index is 13.9. The van der Waals surface area contributed by atoms with Crippen LogP contribution in [0.15, 0.2) is 40.9 Å². The van der Waals surface area contributed by atoms with Crippen LogP contribution in [0.3, 0.4) is 0 Å². The van der Waals surface area contributed by atoms with Gasteiger partial charge in [-0.2, -0.15) is 0 Å². The number of hydrogen-bond acceptors (Lipinski definition) is 1. The molecule has 0 spiro atoms. The average Bonchev–Trinajstić information content (AvgIpc) is 2.44. The lowest BCUT2D eigenvalue weighted by Crippen LogP contribution is -2.20. The van der Waals surface area contributed by atoms with Gasteiger partial charge in [0.2, 0.25) is 0 Å². The van der Waals surface area contributed by atoms with Crippen LogP contribution in [0.4, 0.5) is 8.78 Å². The lowest BCUT2D eigenvalue weighted by atomic mass is 9.98. The first-order chi connectivity index (χ1) is 9.54. The Balaban J connectivity index is 2.34. The Morgan fingerprint density at radius 1 is 1.20 bits per heavy atom. The molecule has 0 heterocycles. The Bertz CT molecular complexity index is 619. The van der Waals surface area contributed by atoms with E-state index < -0.39 is 5.82 Å². The number of halogens is 4. The van der Waals surface area contributed by atoms with Crippen LogP contribution in [0.2, 0.25) is 5.02 Å². The van der Waals surface area contributed by atoms with Crippen LogP contribution < -0.4 is 5.32 Å². The maximum Gasteiger partial charge on any atom is 0.145 e. The van der Waals surface area contributed by atoms with Crippen molar-refractivity contribution in [3.63, 3.8) is 0 Å². The van der Waals surface area contributed by atoms with E-state index in [9.17, 15) is 8.78 Å². The summed E-state index contributed by atoms with van der Waals surface area (Å²) in [4.78, 5) is 0. The standard InChI is InChI=1S/C15H13BrClF2N/c1-20-13(10-5-3-7-12(18)14(10)16)8-9-4-2-6-11(17)15(9)19/h2-7,13,20H,8H2,1H3. The van der Waals surface area contributed by atoms with Gasteiger partial charge in [-0.25, -0.2) is 8.78 Å². The predicted octanol–water partition coefficient (Wildman–Crippen LogP) is 4.88. The number of rotatable bonds is 4. The molecule has 5 heteroatoms. The highest BCUT2D eigenvalue weighted by Gasteiger charge is 2.18. The Morgan fingerprint density at radius 2 is 1.90 bits per heavy atom. The topological polar surface area (TPSA) is 12.0 Å². The van der Waals surface area contributed by atoms with Crippen LogP contribution in [0.5, 0.6) is 0 Å². The summed E-state index contributed by atoms with van der Waals surface area (Å²) >= 11 is 9.01. The molecule has 0 aliphatic carbocycles. The molecule has 0 aliphatic rings. The molecule has 106 valence electrons. The molecule has 20 heavy (non-hydrogen) atoms. The Labute approximate surface area is 130 Å². The van der Waals surface area contributed by atoms with Gasteiger partial charge in [0.1, 0.15) is 11.6 Å². The van der Waals surface area contributed by atoms with Crippen LogP contribution in [0, 0.1) is 11.6 Å². The summed E-state index contributed by atoms with van der Waals surface area (Å²) in [5, 5.41) is 3.17. The van der Waals surface area contributed by atoms with Crippen molar-refractivity contribution in [2.45, 2.75) is 12.5 Å². The summed E-state index contributed by atoms with van der Waals surface area (Å²) in [6.07, 6.45) is 0.380. The maximum atomic E-state index is 13.9. The highest BCUT2D eigenvalue weighted by molar-refractivity contribution is 9.10. The van der Waals surface area contributed by atoms with Crippen molar-refractivity contribution in [1.29, 1.82) is 0 Å². The molecule has 1 N–H and O–H groups in total. The van der Waals surface area contributed by atoms with Gasteiger partial charge in [0.25, 0.3) is 0 Å². The minimum Gasteiger partial charge on any atom is -0.313 e. The SMILES string of the molecule is CNC(Cc1cccc(Cl)c1F)c1cccc(F)c1Br. The smallest absolute Gasteiger partial charge is 0.145 e. The van der Waals surface area contributed by atoms with Crippen molar-refractivity contribution in [2.75, 3.05) is 7.05 Å². The lowest BCUT2D eigenvalue weighted by molar-refractivity contribution is 0.546. The van der Waals surface area contributed by atoms with Gasteiger partial charge in [-0.15, -0.1) is 0 Å². The summed E-state index contributed by atoms with van der Waals surface area (Å²) in [6, 6.07) is 9.48. The molecule has 1 atom stereocenters. The quantitative estimate of drug-likeness (QED) is 0.819. The molecule has 0 saturated carbocycles. The van der Waals surface area contributed by atoms with Crippen LogP contribution in [0.1, 0.15) is 17.2 Å². The predicted molar refractivity (Wildman–Crippen MR) is 81.0 cm³/mol. The van der Waals surface area contributed by atoms with E-state index in [2.05, 4.69) is 21.2 Å².